The highest BCUT2D eigenvalue weighted by Gasteiger charge is 1.96. The van der Waals surface area contributed by atoms with E-state index in [9.17, 15) is 4.79 Å². The Hall–Kier alpha value is -1.66. The molecule has 0 radical (unpaired) electrons. The maximum atomic E-state index is 10.3. The zero-order valence-electron chi connectivity index (χ0n) is 6.67. The average molecular weight is 195 g/mol. The molecule has 1 amide bonds. The summed E-state index contributed by atoms with van der Waals surface area (Å²) in [5.74, 6) is 4.03. The molecule has 0 heterocycles. The second-order valence-corrected chi connectivity index (χ2v) is 2.76. The summed E-state index contributed by atoms with van der Waals surface area (Å²) in [6.07, 6.45) is 0. The van der Waals surface area contributed by atoms with Crippen molar-refractivity contribution < 1.29 is 4.79 Å². The molecule has 0 aliphatic carbocycles. The van der Waals surface area contributed by atoms with Gasteiger partial charge in [-0.15, -0.1) is 0 Å². The number of anilines is 1. The average Bonchev–Trinajstić information content (AvgIpc) is 2.02. The number of carbonyl (C=O) groups excluding carboxylic acids is 1. The molecule has 0 unspecified atom stereocenters. The van der Waals surface area contributed by atoms with Gasteiger partial charge in [-0.1, -0.05) is 17.5 Å². The third kappa shape index (κ3) is 2.69. The van der Waals surface area contributed by atoms with Crippen LogP contribution in [0.25, 0.3) is 0 Å². The minimum absolute atomic E-state index is 0.411. The molecule has 1 rings (SSSR count). The van der Waals surface area contributed by atoms with Gasteiger partial charge in [-0.2, -0.15) is 0 Å². The second kappa shape index (κ2) is 3.83. The third-order valence-electron chi connectivity index (χ3n) is 1.31. The first-order valence-corrected chi connectivity index (χ1v) is 3.84. The van der Waals surface area contributed by atoms with E-state index in [0.717, 1.165) is 0 Å². The van der Waals surface area contributed by atoms with E-state index >= 15 is 0 Å². The Morgan fingerprint density at radius 1 is 1.46 bits per heavy atom. The minimum Gasteiger partial charge on any atom is -0.399 e. The minimum atomic E-state index is -0.687. The number of carbonyl (C=O) groups is 1. The molecule has 4 N–H and O–H groups in total. The summed E-state index contributed by atoms with van der Waals surface area (Å²) in [6, 6.07) is 4.84. The van der Waals surface area contributed by atoms with Crippen molar-refractivity contribution in [2.24, 2.45) is 5.73 Å². The fraction of sp³-hybridized carbons (Fsp3) is 0. The summed E-state index contributed by atoms with van der Waals surface area (Å²) in [5.41, 5.74) is 11.4. The molecule has 0 spiro atoms. The standard InChI is InChI=1S/C9H7ClN2O/c10-8-5-7(11)3-1-6(8)2-4-9(12)13/h1,3,5H,11H2,(H2,12,13). The van der Waals surface area contributed by atoms with Crippen LogP contribution in [0.3, 0.4) is 0 Å². The predicted molar refractivity (Wildman–Crippen MR) is 51.9 cm³/mol. The van der Waals surface area contributed by atoms with E-state index in [4.69, 9.17) is 23.1 Å². The lowest BCUT2D eigenvalue weighted by atomic mass is 10.2. The molecular formula is C9H7ClN2O. The molecule has 0 aliphatic heterocycles. The van der Waals surface area contributed by atoms with Gasteiger partial charge in [-0.3, -0.25) is 4.79 Å². The van der Waals surface area contributed by atoms with E-state index in [-0.39, 0.29) is 0 Å². The molecule has 0 saturated heterocycles. The molecule has 1 aromatic carbocycles. The highest BCUT2D eigenvalue weighted by atomic mass is 35.5. The topological polar surface area (TPSA) is 69.1 Å². The van der Waals surface area contributed by atoms with Gasteiger partial charge < -0.3 is 11.5 Å². The number of amides is 1. The highest BCUT2D eigenvalue weighted by Crippen LogP contribution is 2.17. The Bertz CT molecular complexity index is 404. The van der Waals surface area contributed by atoms with Crippen LogP contribution in [0.15, 0.2) is 18.2 Å². The molecule has 0 aromatic heterocycles. The van der Waals surface area contributed by atoms with E-state index in [2.05, 4.69) is 11.8 Å². The van der Waals surface area contributed by atoms with Crippen molar-refractivity contribution >= 4 is 23.2 Å². The zero-order chi connectivity index (χ0) is 9.84. The van der Waals surface area contributed by atoms with Crippen LogP contribution in [0.2, 0.25) is 5.02 Å². The summed E-state index contributed by atoms with van der Waals surface area (Å²) in [5, 5.41) is 0.411. The van der Waals surface area contributed by atoms with Crippen LogP contribution in [0, 0.1) is 11.8 Å². The summed E-state index contributed by atoms with van der Waals surface area (Å²) in [4.78, 5) is 10.3. The molecule has 0 bridgehead atoms. The largest absolute Gasteiger partial charge is 0.399 e. The highest BCUT2D eigenvalue weighted by molar-refractivity contribution is 6.32. The van der Waals surface area contributed by atoms with Gasteiger partial charge in [0, 0.05) is 17.2 Å². The number of rotatable bonds is 0. The van der Waals surface area contributed by atoms with Crippen molar-refractivity contribution in [3.05, 3.63) is 28.8 Å². The summed E-state index contributed by atoms with van der Waals surface area (Å²) < 4.78 is 0. The molecule has 4 heteroatoms. The van der Waals surface area contributed by atoms with Gasteiger partial charge in [-0.25, -0.2) is 0 Å². The van der Waals surface area contributed by atoms with Crippen LogP contribution in [-0.4, -0.2) is 5.91 Å². The Labute approximate surface area is 80.7 Å². The van der Waals surface area contributed by atoms with E-state index in [0.29, 0.717) is 16.3 Å². The Morgan fingerprint density at radius 2 is 2.15 bits per heavy atom. The van der Waals surface area contributed by atoms with Crippen molar-refractivity contribution in [2.45, 2.75) is 0 Å². The Balaban J connectivity index is 3.05. The van der Waals surface area contributed by atoms with E-state index in [1.807, 2.05) is 0 Å². The van der Waals surface area contributed by atoms with Crippen LogP contribution in [0.4, 0.5) is 5.69 Å². The second-order valence-electron chi connectivity index (χ2n) is 2.35. The molecule has 66 valence electrons. The lowest BCUT2D eigenvalue weighted by Crippen LogP contribution is -2.06. The molecule has 0 saturated carbocycles. The van der Waals surface area contributed by atoms with Crippen LogP contribution < -0.4 is 11.5 Å². The lowest BCUT2D eigenvalue weighted by Gasteiger charge is -1.96. The number of nitrogen functional groups attached to an aromatic ring is 1. The number of nitrogens with two attached hydrogens (primary N) is 2. The molecular weight excluding hydrogens is 188 g/mol. The molecule has 0 aliphatic rings. The van der Waals surface area contributed by atoms with E-state index in [1.54, 1.807) is 18.2 Å². The van der Waals surface area contributed by atoms with Gasteiger partial charge in [0.25, 0.3) is 5.91 Å². The van der Waals surface area contributed by atoms with Crippen LogP contribution in [0.5, 0.6) is 0 Å². The van der Waals surface area contributed by atoms with Crippen LogP contribution in [0.1, 0.15) is 5.56 Å². The molecule has 1 aromatic rings. The van der Waals surface area contributed by atoms with Crippen molar-refractivity contribution in [2.75, 3.05) is 5.73 Å². The Kier molecular flexibility index (Phi) is 2.78. The maximum Gasteiger partial charge on any atom is 0.293 e. The number of primary amides is 1. The van der Waals surface area contributed by atoms with Gasteiger partial charge in [0.1, 0.15) is 0 Å². The summed E-state index contributed by atoms with van der Waals surface area (Å²) in [7, 11) is 0. The maximum absolute atomic E-state index is 10.3. The van der Waals surface area contributed by atoms with Crippen molar-refractivity contribution in [1.29, 1.82) is 0 Å². The van der Waals surface area contributed by atoms with Gasteiger partial charge in [0.15, 0.2) is 0 Å². The van der Waals surface area contributed by atoms with Crippen LogP contribution >= 0.6 is 11.6 Å². The number of hydrogen-bond donors (Lipinski definition) is 2. The lowest BCUT2D eigenvalue weighted by molar-refractivity contribution is -0.112. The van der Waals surface area contributed by atoms with Crippen LogP contribution in [-0.2, 0) is 4.79 Å². The number of benzene rings is 1. The fourth-order valence-corrected chi connectivity index (χ4v) is 0.998. The molecule has 0 fully saturated rings. The Morgan fingerprint density at radius 3 is 2.69 bits per heavy atom. The van der Waals surface area contributed by atoms with Crippen molar-refractivity contribution in [3.8, 4) is 11.8 Å². The van der Waals surface area contributed by atoms with Gasteiger partial charge in [0.2, 0.25) is 0 Å². The number of halogens is 1. The van der Waals surface area contributed by atoms with Crippen molar-refractivity contribution in [3.63, 3.8) is 0 Å². The first kappa shape index (κ1) is 9.43. The SMILES string of the molecule is NC(=O)C#Cc1ccc(N)cc1Cl. The zero-order valence-corrected chi connectivity index (χ0v) is 7.43. The fourth-order valence-electron chi connectivity index (χ4n) is 0.762. The summed E-state index contributed by atoms with van der Waals surface area (Å²) >= 11 is 5.78. The number of hydrogen-bond acceptors (Lipinski definition) is 2. The smallest absolute Gasteiger partial charge is 0.293 e. The van der Waals surface area contributed by atoms with Gasteiger partial charge >= 0.3 is 0 Å². The summed E-state index contributed by atoms with van der Waals surface area (Å²) in [6.45, 7) is 0. The molecule has 13 heavy (non-hydrogen) atoms. The van der Waals surface area contributed by atoms with Crippen molar-refractivity contribution in [1.82, 2.24) is 0 Å². The first-order valence-electron chi connectivity index (χ1n) is 3.46. The van der Waals surface area contributed by atoms with Gasteiger partial charge in [-0.05, 0) is 18.2 Å². The normalized spacial score (nSPS) is 8.69. The molecule has 0 atom stereocenters. The third-order valence-corrected chi connectivity index (χ3v) is 1.63. The predicted octanol–water partition coefficient (Wildman–Crippen LogP) is 0.759. The monoisotopic (exact) mass is 194 g/mol. The first-order chi connectivity index (χ1) is 6.09. The van der Waals surface area contributed by atoms with E-state index < -0.39 is 5.91 Å². The van der Waals surface area contributed by atoms with E-state index in [1.165, 1.54) is 0 Å². The quantitative estimate of drug-likeness (QED) is 0.473. The molecule has 3 nitrogen and oxygen atoms in total. The van der Waals surface area contributed by atoms with Gasteiger partial charge in [0.05, 0.1) is 5.02 Å².